The topological polar surface area (TPSA) is 129 Å². The molecule has 8 nitrogen and oxygen atoms in total. The molecule has 0 aromatic heterocycles. The zero-order chi connectivity index (χ0) is 21.4. The highest BCUT2D eigenvalue weighted by Crippen LogP contribution is 2.32. The number of aliphatic hydroxyl groups excluding tert-OH is 4. The van der Waals surface area contributed by atoms with Crippen LogP contribution in [0.5, 0.6) is 0 Å². The molecule has 0 amide bonds. The molecule has 0 saturated heterocycles. The zero-order valence-electron chi connectivity index (χ0n) is 17.8. The fraction of sp³-hybridized carbons (Fsp3) is 1.00. The summed E-state index contributed by atoms with van der Waals surface area (Å²) in [5, 5.41) is 49.5. The molecule has 1 saturated carbocycles. The Labute approximate surface area is 168 Å². The van der Waals surface area contributed by atoms with Crippen molar-refractivity contribution >= 4 is 0 Å². The normalized spacial score (nSPS) is 29.5. The summed E-state index contributed by atoms with van der Waals surface area (Å²) in [6, 6.07) is 0. The first-order valence-electron chi connectivity index (χ1n) is 10.3. The van der Waals surface area contributed by atoms with Crippen molar-refractivity contribution in [2.24, 2.45) is 11.8 Å². The van der Waals surface area contributed by atoms with Gasteiger partial charge in [-0.3, -0.25) is 0 Å². The van der Waals surface area contributed by atoms with Crippen LogP contribution >= 0.6 is 0 Å². The Balaban J connectivity index is 2.78. The van der Waals surface area contributed by atoms with E-state index in [1.54, 1.807) is 0 Å². The lowest BCUT2D eigenvalue weighted by molar-refractivity contribution is -0.210. The fourth-order valence-corrected chi connectivity index (χ4v) is 3.77. The lowest BCUT2D eigenvalue weighted by Crippen LogP contribution is -2.49. The minimum atomic E-state index is -1.75. The number of hydrogen-bond donors (Lipinski definition) is 5. The first-order chi connectivity index (χ1) is 13.1. The maximum Gasteiger partial charge on any atom is 0.178 e. The van der Waals surface area contributed by atoms with E-state index in [1.807, 2.05) is 34.6 Å². The number of aliphatic hydroxyl groups is 5. The molecule has 0 heterocycles. The van der Waals surface area contributed by atoms with E-state index in [0.29, 0.717) is 6.42 Å². The van der Waals surface area contributed by atoms with E-state index in [9.17, 15) is 25.5 Å². The molecular formula is C20H40O8. The van der Waals surface area contributed by atoms with Gasteiger partial charge in [-0.25, -0.2) is 0 Å². The second-order valence-electron chi connectivity index (χ2n) is 8.40. The molecule has 1 fully saturated rings. The third-order valence-electron chi connectivity index (χ3n) is 5.25. The molecule has 5 N–H and O–H groups in total. The van der Waals surface area contributed by atoms with Gasteiger partial charge in [-0.1, -0.05) is 0 Å². The van der Waals surface area contributed by atoms with E-state index in [4.69, 9.17) is 14.2 Å². The molecule has 0 radical (unpaired) electrons. The first-order valence-corrected chi connectivity index (χ1v) is 10.3. The smallest absolute Gasteiger partial charge is 0.178 e. The van der Waals surface area contributed by atoms with Gasteiger partial charge in [0, 0.05) is 31.5 Å². The van der Waals surface area contributed by atoms with Gasteiger partial charge in [0.05, 0.1) is 36.6 Å². The van der Waals surface area contributed by atoms with E-state index in [0.717, 1.165) is 0 Å². The SMILES string of the molecule is CC(C)OC(C)C(CO)CC(O[C@H]1CC(O)C(OC(C)C)CC1CO)C(O)O. The number of rotatable bonds is 12. The maximum atomic E-state index is 10.4. The van der Waals surface area contributed by atoms with Crippen molar-refractivity contribution in [2.45, 2.75) is 103 Å². The molecule has 0 aromatic carbocycles. The minimum Gasteiger partial charge on any atom is -0.396 e. The van der Waals surface area contributed by atoms with E-state index in [2.05, 4.69) is 0 Å². The number of hydrogen-bond acceptors (Lipinski definition) is 8. The first kappa shape index (κ1) is 25.7. The molecule has 168 valence electrons. The highest BCUT2D eigenvalue weighted by atomic mass is 16.6. The van der Waals surface area contributed by atoms with E-state index >= 15 is 0 Å². The van der Waals surface area contributed by atoms with E-state index in [-0.39, 0.29) is 62.3 Å². The van der Waals surface area contributed by atoms with E-state index < -0.39 is 24.6 Å². The standard InChI is InChI=1S/C20H40O8/c1-11(2)26-13(5)14(9-21)6-19(20(24)25)28-17-8-16(23)18(27-12(3)4)7-15(17)10-22/h11-25H,6-10H2,1-5H3/t13?,14?,15?,16?,17-,18?,19?/m0/s1. The molecule has 7 atom stereocenters. The van der Waals surface area contributed by atoms with Crippen molar-refractivity contribution in [3.63, 3.8) is 0 Å². The Bertz CT molecular complexity index is 417. The summed E-state index contributed by atoms with van der Waals surface area (Å²) >= 11 is 0. The predicted molar refractivity (Wildman–Crippen MR) is 104 cm³/mol. The molecular weight excluding hydrogens is 368 g/mol. The van der Waals surface area contributed by atoms with E-state index in [1.165, 1.54) is 0 Å². The van der Waals surface area contributed by atoms with Gasteiger partial charge in [-0.15, -0.1) is 0 Å². The molecule has 1 rings (SSSR count). The second kappa shape index (κ2) is 12.4. The van der Waals surface area contributed by atoms with Crippen molar-refractivity contribution in [1.29, 1.82) is 0 Å². The van der Waals surface area contributed by atoms with Gasteiger partial charge in [0.25, 0.3) is 0 Å². The van der Waals surface area contributed by atoms with Gasteiger partial charge >= 0.3 is 0 Å². The van der Waals surface area contributed by atoms with Crippen LogP contribution in [0.1, 0.15) is 53.9 Å². The third-order valence-corrected chi connectivity index (χ3v) is 5.25. The Morgan fingerprint density at radius 3 is 2.00 bits per heavy atom. The summed E-state index contributed by atoms with van der Waals surface area (Å²) in [5.41, 5.74) is 0. The molecule has 0 bridgehead atoms. The van der Waals surface area contributed by atoms with Crippen LogP contribution in [0.25, 0.3) is 0 Å². The van der Waals surface area contributed by atoms with Gasteiger partial charge in [0.2, 0.25) is 0 Å². The Kier molecular flexibility index (Phi) is 11.4. The fourth-order valence-electron chi connectivity index (χ4n) is 3.77. The van der Waals surface area contributed by atoms with Crippen molar-refractivity contribution in [2.75, 3.05) is 13.2 Å². The molecule has 0 aromatic rings. The summed E-state index contributed by atoms with van der Waals surface area (Å²) in [5.74, 6) is -0.627. The van der Waals surface area contributed by atoms with Crippen LogP contribution in [-0.2, 0) is 14.2 Å². The van der Waals surface area contributed by atoms with Crippen LogP contribution in [0.4, 0.5) is 0 Å². The summed E-state index contributed by atoms with van der Waals surface area (Å²) in [6.07, 6.45) is -3.93. The average molecular weight is 409 g/mol. The van der Waals surface area contributed by atoms with Gasteiger partial charge in [-0.2, -0.15) is 0 Å². The summed E-state index contributed by atoms with van der Waals surface area (Å²) in [7, 11) is 0. The molecule has 1 aliphatic rings. The van der Waals surface area contributed by atoms with Gasteiger partial charge in [0.1, 0.15) is 6.10 Å². The summed E-state index contributed by atoms with van der Waals surface area (Å²) in [6.45, 7) is 9.06. The quantitative estimate of drug-likeness (QED) is 0.294. The lowest BCUT2D eigenvalue weighted by atomic mass is 9.82. The highest BCUT2D eigenvalue weighted by Gasteiger charge is 2.40. The van der Waals surface area contributed by atoms with Crippen LogP contribution in [0.15, 0.2) is 0 Å². The third kappa shape index (κ3) is 8.20. The molecule has 6 unspecified atom stereocenters. The molecule has 1 aliphatic carbocycles. The molecule has 0 spiro atoms. The van der Waals surface area contributed by atoms with Crippen LogP contribution in [-0.4, -0.2) is 87.8 Å². The Hall–Kier alpha value is -0.320. The van der Waals surface area contributed by atoms with Gasteiger partial charge in [0.15, 0.2) is 6.29 Å². The van der Waals surface area contributed by atoms with Gasteiger partial charge in [-0.05, 0) is 47.5 Å². The maximum absolute atomic E-state index is 10.4. The van der Waals surface area contributed by atoms with Crippen molar-refractivity contribution in [3.8, 4) is 0 Å². The minimum absolute atomic E-state index is 0.0207. The molecule has 8 heteroatoms. The van der Waals surface area contributed by atoms with Crippen molar-refractivity contribution in [1.82, 2.24) is 0 Å². The summed E-state index contributed by atoms with van der Waals surface area (Å²) in [4.78, 5) is 0. The number of ether oxygens (including phenoxy) is 3. The second-order valence-corrected chi connectivity index (χ2v) is 8.40. The molecule has 0 aliphatic heterocycles. The van der Waals surface area contributed by atoms with Crippen LogP contribution in [0.2, 0.25) is 0 Å². The molecule has 28 heavy (non-hydrogen) atoms. The average Bonchev–Trinajstić information content (AvgIpc) is 2.59. The van der Waals surface area contributed by atoms with Gasteiger partial charge < -0.3 is 39.7 Å². The highest BCUT2D eigenvalue weighted by molar-refractivity contribution is 4.89. The van der Waals surface area contributed by atoms with Crippen molar-refractivity contribution < 1.29 is 39.7 Å². The zero-order valence-corrected chi connectivity index (χ0v) is 17.8. The van der Waals surface area contributed by atoms with Crippen LogP contribution < -0.4 is 0 Å². The Morgan fingerprint density at radius 1 is 0.893 bits per heavy atom. The monoisotopic (exact) mass is 408 g/mol. The van der Waals surface area contributed by atoms with Crippen LogP contribution in [0.3, 0.4) is 0 Å². The van der Waals surface area contributed by atoms with Crippen LogP contribution in [0, 0.1) is 11.8 Å². The Morgan fingerprint density at radius 2 is 1.54 bits per heavy atom. The summed E-state index contributed by atoms with van der Waals surface area (Å²) < 4.78 is 17.4. The van der Waals surface area contributed by atoms with Crippen molar-refractivity contribution in [3.05, 3.63) is 0 Å². The predicted octanol–water partition coefficient (Wildman–Crippen LogP) is 0.420. The lowest BCUT2D eigenvalue weighted by Gasteiger charge is -2.41. The largest absolute Gasteiger partial charge is 0.396 e.